The van der Waals surface area contributed by atoms with Gasteiger partial charge in [-0.25, -0.2) is 0 Å². The highest BCUT2D eigenvalue weighted by molar-refractivity contribution is 5.76. The summed E-state index contributed by atoms with van der Waals surface area (Å²) in [5.41, 5.74) is 0. The van der Waals surface area contributed by atoms with Crippen LogP contribution in [-0.4, -0.2) is 37.0 Å². The zero-order chi connectivity index (χ0) is 9.52. The fourth-order valence-electron chi connectivity index (χ4n) is 1.48. The van der Waals surface area contributed by atoms with Crippen molar-refractivity contribution in [3.05, 3.63) is 12.7 Å². The Balaban J connectivity index is 2.30. The molecule has 0 saturated carbocycles. The van der Waals surface area contributed by atoms with Gasteiger partial charge >= 0.3 is 0 Å². The highest BCUT2D eigenvalue weighted by atomic mass is 16.2. The van der Waals surface area contributed by atoms with Gasteiger partial charge in [-0.2, -0.15) is 0 Å². The van der Waals surface area contributed by atoms with Gasteiger partial charge in [0.05, 0.1) is 0 Å². The second-order valence-corrected chi connectivity index (χ2v) is 3.31. The fourth-order valence-corrected chi connectivity index (χ4v) is 1.48. The molecule has 74 valence electrons. The van der Waals surface area contributed by atoms with E-state index in [0.29, 0.717) is 6.42 Å². The summed E-state index contributed by atoms with van der Waals surface area (Å²) >= 11 is 0. The number of rotatable bonds is 3. The van der Waals surface area contributed by atoms with Crippen LogP contribution in [0.1, 0.15) is 19.3 Å². The van der Waals surface area contributed by atoms with Crippen molar-refractivity contribution in [2.45, 2.75) is 19.3 Å². The summed E-state index contributed by atoms with van der Waals surface area (Å²) < 4.78 is 0. The maximum Gasteiger partial charge on any atom is 0.222 e. The van der Waals surface area contributed by atoms with Crippen LogP contribution in [0.2, 0.25) is 0 Å². The van der Waals surface area contributed by atoms with E-state index in [1.807, 2.05) is 4.90 Å². The molecule has 1 aliphatic rings. The van der Waals surface area contributed by atoms with Gasteiger partial charge in [-0.3, -0.25) is 4.79 Å². The van der Waals surface area contributed by atoms with Crippen molar-refractivity contribution < 1.29 is 4.79 Å². The maximum absolute atomic E-state index is 11.6. The summed E-state index contributed by atoms with van der Waals surface area (Å²) in [6.07, 6.45) is 4.28. The lowest BCUT2D eigenvalue weighted by molar-refractivity contribution is -0.130. The molecule has 0 aromatic carbocycles. The average Bonchev–Trinajstić information content (AvgIpc) is 2.42. The van der Waals surface area contributed by atoms with Crippen molar-refractivity contribution in [1.29, 1.82) is 0 Å². The first-order valence-electron chi connectivity index (χ1n) is 4.94. The van der Waals surface area contributed by atoms with E-state index in [1.54, 1.807) is 6.08 Å². The van der Waals surface area contributed by atoms with Crippen molar-refractivity contribution in [3.63, 3.8) is 0 Å². The van der Waals surface area contributed by atoms with Crippen molar-refractivity contribution in [2.75, 3.05) is 26.2 Å². The van der Waals surface area contributed by atoms with Crippen molar-refractivity contribution in [2.24, 2.45) is 0 Å². The molecule has 1 saturated heterocycles. The molecule has 3 heteroatoms. The monoisotopic (exact) mass is 182 g/mol. The van der Waals surface area contributed by atoms with Gasteiger partial charge in [-0.1, -0.05) is 6.08 Å². The van der Waals surface area contributed by atoms with Crippen molar-refractivity contribution in [3.8, 4) is 0 Å². The third-order valence-corrected chi connectivity index (χ3v) is 2.26. The summed E-state index contributed by atoms with van der Waals surface area (Å²) in [4.78, 5) is 13.5. The van der Waals surface area contributed by atoms with Crippen LogP contribution in [0.15, 0.2) is 12.7 Å². The Hall–Kier alpha value is -0.830. The predicted molar refractivity (Wildman–Crippen MR) is 53.5 cm³/mol. The Morgan fingerprint density at radius 3 is 3.08 bits per heavy atom. The summed E-state index contributed by atoms with van der Waals surface area (Å²) in [6.45, 7) is 7.34. The van der Waals surface area contributed by atoms with E-state index in [-0.39, 0.29) is 5.91 Å². The SMILES string of the molecule is C=CCCC(=O)N1CCCNCC1. The van der Waals surface area contributed by atoms with Crippen LogP contribution in [0, 0.1) is 0 Å². The first-order chi connectivity index (χ1) is 6.34. The summed E-state index contributed by atoms with van der Waals surface area (Å²) in [5.74, 6) is 0.267. The lowest BCUT2D eigenvalue weighted by Gasteiger charge is -2.19. The van der Waals surface area contributed by atoms with Crippen LogP contribution in [0.4, 0.5) is 0 Å². The first kappa shape index (κ1) is 10.3. The number of nitrogens with zero attached hydrogens (tertiary/aromatic N) is 1. The second-order valence-electron chi connectivity index (χ2n) is 3.31. The molecule has 0 aromatic heterocycles. The van der Waals surface area contributed by atoms with Crippen LogP contribution in [0.5, 0.6) is 0 Å². The zero-order valence-electron chi connectivity index (χ0n) is 8.09. The standard InChI is InChI=1S/C10H18N2O/c1-2-3-5-10(13)12-8-4-6-11-7-9-12/h2,11H,1,3-9H2. The van der Waals surface area contributed by atoms with Gasteiger partial charge < -0.3 is 10.2 Å². The number of hydrogen-bond donors (Lipinski definition) is 1. The van der Waals surface area contributed by atoms with Crippen LogP contribution in [0.25, 0.3) is 0 Å². The van der Waals surface area contributed by atoms with Crippen molar-refractivity contribution in [1.82, 2.24) is 10.2 Å². The van der Waals surface area contributed by atoms with Crippen LogP contribution in [0.3, 0.4) is 0 Å². The molecule has 1 rings (SSSR count). The molecule has 1 heterocycles. The molecule has 0 spiro atoms. The number of carbonyl (C=O) groups is 1. The molecule has 3 nitrogen and oxygen atoms in total. The van der Waals surface area contributed by atoms with Gasteiger partial charge in [0.15, 0.2) is 0 Å². The first-order valence-corrected chi connectivity index (χ1v) is 4.94. The molecule has 0 unspecified atom stereocenters. The van der Waals surface area contributed by atoms with Gasteiger partial charge in [0.25, 0.3) is 0 Å². The maximum atomic E-state index is 11.6. The minimum Gasteiger partial charge on any atom is -0.341 e. The molecule has 1 amide bonds. The Morgan fingerprint density at radius 1 is 1.46 bits per heavy atom. The number of amides is 1. The second kappa shape index (κ2) is 5.75. The van der Waals surface area contributed by atoms with E-state index in [0.717, 1.165) is 39.0 Å². The third-order valence-electron chi connectivity index (χ3n) is 2.26. The Bertz CT molecular complexity index is 172. The number of allylic oxidation sites excluding steroid dienone is 1. The molecule has 1 fully saturated rings. The van der Waals surface area contributed by atoms with E-state index in [2.05, 4.69) is 11.9 Å². The number of hydrogen-bond acceptors (Lipinski definition) is 2. The van der Waals surface area contributed by atoms with Gasteiger partial charge in [-0.15, -0.1) is 6.58 Å². The normalized spacial score (nSPS) is 18.0. The van der Waals surface area contributed by atoms with Crippen LogP contribution in [-0.2, 0) is 4.79 Å². The quantitative estimate of drug-likeness (QED) is 0.654. The van der Waals surface area contributed by atoms with Crippen LogP contribution < -0.4 is 5.32 Å². The molecule has 0 bridgehead atoms. The third kappa shape index (κ3) is 3.59. The van der Waals surface area contributed by atoms with Gasteiger partial charge in [-0.05, 0) is 19.4 Å². The number of nitrogens with one attached hydrogen (secondary N) is 1. The molecule has 0 aliphatic carbocycles. The Labute approximate surface area is 79.8 Å². The Kier molecular flexibility index (Phi) is 4.54. The van der Waals surface area contributed by atoms with E-state index < -0.39 is 0 Å². The van der Waals surface area contributed by atoms with Gasteiger partial charge in [0.1, 0.15) is 0 Å². The Morgan fingerprint density at radius 2 is 2.31 bits per heavy atom. The largest absolute Gasteiger partial charge is 0.341 e. The summed E-state index contributed by atoms with van der Waals surface area (Å²) in [7, 11) is 0. The molecule has 0 radical (unpaired) electrons. The summed E-state index contributed by atoms with van der Waals surface area (Å²) in [5, 5.41) is 3.27. The molecular formula is C10H18N2O. The van der Waals surface area contributed by atoms with E-state index in [1.165, 1.54) is 0 Å². The number of carbonyl (C=O) groups excluding carboxylic acids is 1. The molecule has 13 heavy (non-hydrogen) atoms. The molecule has 1 aliphatic heterocycles. The molecule has 0 aromatic rings. The van der Waals surface area contributed by atoms with Crippen LogP contribution >= 0.6 is 0 Å². The lowest BCUT2D eigenvalue weighted by atomic mass is 10.2. The minimum absolute atomic E-state index is 0.267. The van der Waals surface area contributed by atoms with Gasteiger partial charge in [0.2, 0.25) is 5.91 Å². The highest BCUT2D eigenvalue weighted by Crippen LogP contribution is 2.01. The predicted octanol–water partition coefficient (Wildman–Crippen LogP) is 0.774. The van der Waals surface area contributed by atoms with Gasteiger partial charge in [0, 0.05) is 26.1 Å². The topological polar surface area (TPSA) is 32.3 Å². The minimum atomic E-state index is 0.267. The highest BCUT2D eigenvalue weighted by Gasteiger charge is 2.13. The lowest BCUT2D eigenvalue weighted by Crippen LogP contribution is -2.33. The van der Waals surface area contributed by atoms with E-state index in [9.17, 15) is 4.79 Å². The fraction of sp³-hybridized carbons (Fsp3) is 0.700. The van der Waals surface area contributed by atoms with E-state index >= 15 is 0 Å². The molecule has 0 atom stereocenters. The smallest absolute Gasteiger partial charge is 0.222 e. The van der Waals surface area contributed by atoms with Crippen molar-refractivity contribution >= 4 is 5.91 Å². The molecule has 1 N–H and O–H groups in total. The average molecular weight is 182 g/mol. The van der Waals surface area contributed by atoms with E-state index in [4.69, 9.17) is 0 Å². The zero-order valence-corrected chi connectivity index (χ0v) is 8.09. The summed E-state index contributed by atoms with van der Waals surface area (Å²) in [6, 6.07) is 0. The molecular weight excluding hydrogens is 164 g/mol.